The number of nitrogens with zero attached hydrogens (tertiary/aromatic N) is 1. The van der Waals surface area contributed by atoms with E-state index >= 15 is 0 Å². The second-order valence-electron chi connectivity index (χ2n) is 8.15. The van der Waals surface area contributed by atoms with Gasteiger partial charge in [0.05, 0.1) is 25.2 Å². The first-order valence-electron chi connectivity index (χ1n) is 8.47. The third-order valence-corrected chi connectivity index (χ3v) is 5.22. The zero-order valence-corrected chi connectivity index (χ0v) is 14.1. The lowest BCUT2D eigenvalue weighted by molar-refractivity contribution is -0.149. The Morgan fingerprint density at radius 3 is 2.41 bits per heavy atom. The van der Waals surface area contributed by atoms with Crippen molar-refractivity contribution >= 4 is 0 Å². The predicted octanol–water partition coefficient (Wildman–Crippen LogP) is 3.13. The van der Waals surface area contributed by atoms with Crippen LogP contribution in [-0.4, -0.2) is 42.9 Å². The van der Waals surface area contributed by atoms with E-state index in [9.17, 15) is 5.11 Å². The van der Waals surface area contributed by atoms with Crippen LogP contribution in [0.25, 0.3) is 0 Å². The number of benzene rings is 1. The summed E-state index contributed by atoms with van der Waals surface area (Å²) in [6.07, 6.45) is 2.46. The molecular formula is C19H29NO2. The van der Waals surface area contributed by atoms with E-state index in [0.29, 0.717) is 19.3 Å². The molecule has 2 fully saturated rings. The predicted molar refractivity (Wildman–Crippen MR) is 89.0 cm³/mol. The van der Waals surface area contributed by atoms with E-state index in [2.05, 4.69) is 49.9 Å². The van der Waals surface area contributed by atoms with Crippen molar-refractivity contribution in [1.29, 1.82) is 0 Å². The molecule has 0 spiro atoms. The number of aliphatic hydroxyl groups excluding tert-OH is 1. The number of ether oxygens (including phenoxy) is 1. The normalized spacial score (nSPS) is 25.2. The molecule has 2 aliphatic rings. The summed E-state index contributed by atoms with van der Waals surface area (Å²) in [5.41, 5.74) is 2.99. The molecule has 122 valence electrons. The van der Waals surface area contributed by atoms with Crippen LogP contribution in [0.3, 0.4) is 0 Å². The molecule has 0 saturated carbocycles. The van der Waals surface area contributed by atoms with Crippen LogP contribution in [0.2, 0.25) is 0 Å². The van der Waals surface area contributed by atoms with Gasteiger partial charge < -0.3 is 9.84 Å². The fraction of sp³-hybridized carbons (Fsp3) is 0.684. The Kier molecular flexibility index (Phi) is 4.32. The van der Waals surface area contributed by atoms with Crippen molar-refractivity contribution in [2.45, 2.75) is 45.1 Å². The fourth-order valence-electron chi connectivity index (χ4n) is 3.65. The molecule has 1 aromatic carbocycles. The summed E-state index contributed by atoms with van der Waals surface area (Å²) < 4.78 is 5.35. The maximum atomic E-state index is 9.67. The molecule has 0 bridgehead atoms. The van der Waals surface area contributed by atoms with Crippen LogP contribution in [-0.2, 0) is 10.2 Å². The molecule has 1 aromatic rings. The molecule has 1 atom stereocenters. The summed E-state index contributed by atoms with van der Waals surface area (Å²) in [5.74, 6) is 0. The lowest BCUT2D eigenvalue weighted by atomic mass is 9.85. The van der Waals surface area contributed by atoms with E-state index in [1.165, 1.54) is 24.0 Å². The average Bonchev–Trinajstić information content (AvgIpc) is 2.90. The molecule has 0 amide bonds. The number of hydrogen-bond donors (Lipinski definition) is 1. The van der Waals surface area contributed by atoms with Crippen LogP contribution in [0.5, 0.6) is 0 Å². The lowest BCUT2D eigenvalue weighted by Gasteiger charge is -2.43. The van der Waals surface area contributed by atoms with E-state index in [1.807, 2.05) is 0 Å². The first-order chi connectivity index (χ1) is 10.4. The monoisotopic (exact) mass is 303 g/mol. The molecule has 2 heterocycles. The van der Waals surface area contributed by atoms with Gasteiger partial charge in [0, 0.05) is 12.6 Å². The minimum Gasteiger partial charge on any atom is -0.396 e. The van der Waals surface area contributed by atoms with Crippen molar-refractivity contribution in [3.8, 4) is 0 Å². The van der Waals surface area contributed by atoms with Crippen molar-refractivity contribution in [3.05, 3.63) is 35.4 Å². The molecule has 3 rings (SSSR count). The first-order valence-corrected chi connectivity index (χ1v) is 8.47. The minimum absolute atomic E-state index is 0.0199. The van der Waals surface area contributed by atoms with Crippen molar-refractivity contribution in [1.82, 2.24) is 4.90 Å². The van der Waals surface area contributed by atoms with Gasteiger partial charge in [-0.1, -0.05) is 45.0 Å². The van der Waals surface area contributed by atoms with Crippen LogP contribution in [0.4, 0.5) is 0 Å². The Morgan fingerprint density at radius 2 is 1.91 bits per heavy atom. The summed E-state index contributed by atoms with van der Waals surface area (Å²) in [4.78, 5) is 2.55. The zero-order valence-electron chi connectivity index (χ0n) is 14.1. The van der Waals surface area contributed by atoms with E-state index in [4.69, 9.17) is 4.74 Å². The molecule has 22 heavy (non-hydrogen) atoms. The Labute approximate surface area is 134 Å². The maximum Gasteiger partial charge on any atom is 0.0579 e. The van der Waals surface area contributed by atoms with E-state index < -0.39 is 0 Å². The number of hydrogen-bond acceptors (Lipinski definition) is 3. The molecule has 3 nitrogen and oxygen atoms in total. The van der Waals surface area contributed by atoms with Crippen molar-refractivity contribution in [2.24, 2.45) is 5.41 Å². The lowest BCUT2D eigenvalue weighted by Crippen LogP contribution is -2.53. The van der Waals surface area contributed by atoms with Gasteiger partial charge >= 0.3 is 0 Å². The zero-order chi connectivity index (χ0) is 15.8. The number of aliphatic hydroxyl groups is 1. The van der Waals surface area contributed by atoms with Gasteiger partial charge in [-0.3, -0.25) is 4.90 Å². The second kappa shape index (κ2) is 5.95. The van der Waals surface area contributed by atoms with Gasteiger partial charge in [0.1, 0.15) is 0 Å². The maximum absolute atomic E-state index is 9.67. The fourth-order valence-corrected chi connectivity index (χ4v) is 3.65. The van der Waals surface area contributed by atoms with Crippen molar-refractivity contribution < 1.29 is 9.84 Å². The Morgan fingerprint density at radius 1 is 1.23 bits per heavy atom. The highest BCUT2D eigenvalue weighted by Gasteiger charge is 2.42. The van der Waals surface area contributed by atoms with Gasteiger partial charge in [-0.05, 0) is 35.9 Å². The van der Waals surface area contributed by atoms with Gasteiger partial charge in [0.15, 0.2) is 0 Å². The van der Waals surface area contributed by atoms with Crippen LogP contribution < -0.4 is 0 Å². The highest BCUT2D eigenvalue weighted by atomic mass is 16.5. The summed E-state index contributed by atoms with van der Waals surface area (Å²) in [6, 6.07) is 9.65. The Hall–Kier alpha value is -0.900. The Balaban J connectivity index is 1.73. The molecule has 0 aromatic heterocycles. The summed E-state index contributed by atoms with van der Waals surface area (Å²) >= 11 is 0. The largest absolute Gasteiger partial charge is 0.396 e. The van der Waals surface area contributed by atoms with Gasteiger partial charge in [-0.25, -0.2) is 0 Å². The van der Waals surface area contributed by atoms with Crippen LogP contribution in [0, 0.1) is 5.41 Å². The first kappa shape index (κ1) is 16.0. The molecule has 0 radical (unpaired) electrons. The van der Waals surface area contributed by atoms with Gasteiger partial charge in [-0.2, -0.15) is 0 Å². The molecule has 3 heteroatoms. The van der Waals surface area contributed by atoms with E-state index in [-0.39, 0.29) is 17.4 Å². The third kappa shape index (κ3) is 3.08. The standard InChI is InChI=1S/C19H29NO2/c1-18(2,3)16-8-6-15(7-9-16)17-5-4-10-20(17)11-19(12-21)13-22-14-19/h6-9,17,21H,4-5,10-14H2,1-3H3. The van der Waals surface area contributed by atoms with Crippen LogP contribution in [0.1, 0.15) is 50.8 Å². The van der Waals surface area contributed by atoms with Gasteiger partial charge in [0.25, 0.3) is 0 Å². The summed E-state index contributed by atoms with van der Waals surface area (Å²) in [7, 11) is 0. The molecular weight excluding hydrogens is 274 g/mol. The van der Waals surface area contributed by atoms with E-state index in [1.54, 1.807) is 0 Å². The van der Waals surface area contributed by atoms with Crippen LogP contribution in [0.15, 0.2) is 24.3 Å². The van der Waals surface area contributed by atoms with Crippen LogP contribution >= 0.6 is 0 Å². The average molecular weight is 303 g/mol. The van der Waals surface area contributed by atoms with Crippen molar-refractivity contribution in [2.75, 3.05) is 32.9 Å². The third-order valence-electron chi connectivity index (χ3n) is 5.22. The number of likely N-dealkylation sites (tertiary alicyclic amines) is 1. The summed E-state index contributed by atoms with van der Waals surface area (Å²) in [6.45, 7) is 10.5. The van der Waals surface area contributed by atoms with Gasteiger partial charge in [-0.15, -0.1) is 0 Å². The second-order valence-corrected chi connectivity index (χ2v) is 8.15. The molecule has 2 saturated heterocycles. The Bertz CT molecular complexity index is 494. The summed E-state index contributed by atoms with van der Waals surface area (Å²) in [5, 5.41) is 9.67. The highest BCUT2D eigenvalue weighted by molar-refractivity contribution is 5.29. The minimum atomic E-state index is -0.0199. The highest BCUT2D eigenvalue weighted by Crippen LogP contribution is 2.37. The molecule has 1 N–H and O–H groups in total. The number of rotatable bonds is 4. The van der Waals surface area contributed by atoms with Gasteiger partial charge in [0.2, 0.25) is 0 Å². The topological polar surface area (TPSA) is 32.7 Å². The van der Waals surface area contributed by atoms with E-state index in [0.717, 1.165) is 13.1 Å². The molecule has 0 aliphatic carbocycles. The smallest absolute Gasteiger partial charge is 0.0579 e. The van der Waals surface area contributed by atoms with Crippen molar-refractivity contribution in [3.63, 3.8) is 0 Å². The molecule has 2 aliphatic heterocycles. The molecule has 1 unspecified atom stereocenters. The SMILES string of the molecule is CC(C)(C)c1ccc(C2CCCN2CC2(CO)COC2)cc1. The quantitative estimate of drug-likeness (QED) is 0.927.